The summed E-state index contributed by atoms with van der Waals surface area (Å²) in [5.74, 6) is -0.286. The smallest absolute Gasteiger partial charge is 0.252 e. The Morgan fingerprint density at radius 2 is 1.96 bits per heavy atom. The van der Waals surface area contributed by atoms with Gasteiger partial charge >= 0.3 is 0 Å². The van der Waals surface area contributed by atoms with Crippen molar-refractivity contribution >= 4 is 11.8 Å². The van der Waals surface area contributed by atoms with Crippen LogP contribution in [0.1, 0.15) is 56.9 Å². The Labute approximate surface area is 165 Å². The van der Waals surface area contributed by atoms with E-state index in [1.165, 1.54) is 6.07 Å². The lowest BCUT2D eigenvalue weighted by atomic mass is 9.86. The molecule has 4 atom stereocenters. The van der Waals surface area contributed by atoms with E-state index in [1.807, 2.05) is 15.9 Å². The first-order valence-electron chi connectivity index (χ1n) is 10.5. The van der Waals surface area contributed by atoms with E-state index in [9.17, 15) is 14.0 Å². The van der Waals surface area contributed by atoms with Crippen molar-refractivity contribution in [2.24, 2.45) is 0 Å². The van der Waals surface area contributed by atoms with E-state index in [2.05, 4.69) is 0 Å². The molecular weight excluding hydrogens is 359 g/mol. The number of amides is 2. The van der Waals surface area contributed by atoms with E-state index in [0.29, 0.717) is 19.7 Å². The van der Waals surface area contributed by atoms with Gasteiger partial charge in [-0.25, -0.2) is 4.39 Å². The lowest BCUT2D eigenvalue weighted by molar-refractivity contribution is -0.144. The van der Waals surface area contributed by atoms with Gasteiger partial charge in [0.15, 0.2) is 0 Å². The summed E-state index contributed by atoms with van der Waals surface area (Å²) in [6, 6.07) is 6.48. The fourth-order valence-corrected chi connectivity index (χ4v) is 5.24. The van der Waals surface area contributed by atoms with Crippen molar-refractivity contribution in [3.8, 4) is 0 Å². The average Bonchev–Trinajstić information content (AvgIpc) is 3.29. The average molecular weight is 388 g/mol. The molecule has 0 radical (unpaired) electrons. The van der Waals surface area contributed by atoms with Gasteiger partial charge in [-0.15, -0.1) is 0 Å². The molecule has 0 aliphatic carbocycles. The molecule has 0 bridgehead atoms. The van der Waals surface area contributed by atoms with E-state index >= 15 is 0 Å². The van der Waals surface area contributed by atoms with Crippen molar-refractivity contribution in [1.82, 2.24) is 9.80 Å². The second kappa shape index (κ2) is 8.19. The third-order valence-corrected chi connectivity index (χ3v) is 6.53. The highest BCUT2D eigenvalue weighted by atomic mass is 19.1. The summed E-state index contributed by atoms with van der Waals surface area (Å²) < 4.78 is 19.6. The Morgan fingerprint density at radius 1 is 1.11 bits per heavy atom. The number of nitrogens with zero attached hydrogens (tertiary/aromatic N) is 2. The molecule has 3 aliphatic rings. The molecule has 3 aliphatic heterocycles. The number of rotatable bonds is 2. The Morgan fingerprint density at radius 3 is 2.68 bits per heavy atom. The first-order valence-corrected chi connectivity index (χ1v) is 10.5. The topological polar surface area (TPSA) is 49.9 Å². The largest absolute Gasteiger partial charge is 0.368 e. The molecule has 0 aromatic heterocycles. The first kappa shape index (κ1) is 19.4. The summed E-state index contributed by atoms with van der Waals surface area (Å²) in [6.07, 6.45) is 5.23. The highest BCUT2D eigenvalue weighted by Crippen LogP contribution is 2.40. The standard InChI is InChI=1S/C22H29FN2O3/c1-15(26)24-11-4-2-3-9-19-21(24)18(16-7-5-8-17(23)13-16)14-25(19)22(27)20-10-6-12-28-20/h5,7-8,13,18-21H,2-4,6,9-12,14H2,1H3/t18-,19+,20?,21-/m0/s1. The van der Waals surface area contributed by atoms with Crippen LogP contribution >= 0.6 is 0 Å². The van der Waals surface area contributed by atoms with Crippen molar-refractivity contribution < 1.29 is 18.7 Å². The van der Waals surface area contributed by atoms with Gasteiger partial charge in [-0.05, 0) is 43.4 Å². The summed E-state index contributed by atoms with van der Waals surface area (Å²) >= 11 is 0. The third kappa shape index (κ3) is 3.66. The number of carbonyl (C=O) groups excluding carboxylic acids is 2. The molecule has 152 valence electrons. The van der Waals surface area contributed by atoms with Crippen LogP contribution in [0.2, 0.25) is 0 Å². The summed E-state index contributed by atoms with van der Waals surface area (Å²) in [4.78, 5) is 29.6. The van der Waals surface area contributed by atoms with Gasteiger partial charge < -0.3 is 14.5 Å². The molecule has 3 fully saturated rings. The molecule has 2 amide bonds. The number of benzene rings is 1. The molecule has 0 N–H and O–H groups in total. The van der Waals surface area contributed by atoms with Gasteiger partial charge in [-0.3, -0.25) is 9.59 Å². The van der Waals surface area contributed by atoms with Crippen LogP contribution in [0.25, 0.3) is 0 Å². The number of hydrogen-bond donors (Lipinski definition) is 0. The number of likely N-dealkylation sites (tertiary alicyclic amines) is 2. The zero-order valence-corrected chi connectivity index (χ0v) is 16.5. The van der Waals surface area contributed by atoms with E-state index in [4.69, 9.17) is 4.74 Å². The van der Waals surface area contributed by atoms with E-state index in [0.717, 1.165) is 44.1 Å². The molecule has 6 heteroatoms. The lowest BCUT2D eigenvalue weighted by Crippen LogP contribution is -2.52. The van der Waals surface area contributed by atoms with Gasteiger partial charge in [0.2, 0.25) is 5.91 Å². The summed E-state index contributed by atoms with van der Waals surface area (Å²) in [7, 11) is 0. The molecule has 1 unspecified atom stereocenters. The second-order valence-corrected chi connectivity index (χ2v) is 8.27. The van der Waals surface area contributed by atoms with Crippen molar-refractivity contribution in [3.63, 3.8) is 0 Å². The second-order valence-electron chi connectivity index (χ2n) is 8.27. The normalized spacial score (nSPS) is 30.6. The number of fused-ring (bicyclic) bond motifs is 1. The zero-order chi connectivity index (χ0) is 19.7. The van der Waals surface area contributed by atoms with Crippen LogP contribution in [-0.4, -0.2) is 59.5 Å². The van der Waals surface area contributed by atoms with Crippen LogP contribution in [-0.2, 0) is 14.3 Å². The number of ether oxygens (including phenoxy) is 1. The maximum absolute atomic E-state index is 14.0. The van der Waals surface area contributed by atoms with Crippen molar-refractivity contribution in [1.29, 1.82) is 0 Å². The summed E-state index contributed by atoms with van der Waals surface area (Å²) in [6.45, 7) is 3.45. The Balaban J connectivity index is 1.71. The molecule has 28 heavy (non-hydrogen) atoms. The molecular formula is C22H29FN2O3. The molecule has 3 heterocycles. The van der Waals surface area contributed by atoms with Crippen molar-refractivity contribution in [2.75, 3.05) is 19.7 Å². The number of carbonyl (C=O) groups is 2. The fourth-order valence-electron chi connectivity index (χ4n) is 5.24. The Hall–Kier alpha value is -1.95. The van der Waals surface area contributed by atoms with Crippen LogP contribution in [0.4, 0.5) is 4.39 Å². The third-order valence-electron chi connectivity index (χ3n) is 6.53. The molecule has 5 nitrogen and oxygen atoms in total. The molecule has 0 saturated carbocycles. The SMILES string of the molecule is CC(=O)N1CCCCC[C@@H]2[C@@H]1[C@H](c1cccc(F)c1)CN2C(=O)C1CCCO1. The summed E-state index contributed by atoms with van der Waals surface area (Å²) in [5, 5.41) is 0. The van der Waals surface area contributed by atoms with Gasteiger partial charge in [-0.2, -0.15) is 0 Å². The van der Waals surface area contributed by atoms with E-state index in [-0.39, 0.29) is 41.7 Å². The van der Waals surface area contributed by atoms with Crippen LogP contribution in [0.15, 0.2) is 24.3 Å². The van der Waals surface area contributed by atoms with Crippen molar-refractivity contribution in [2.45, 2.75) is 69.6 Å². The highest BCUT2D eigenvalue weighted by Gasteiger charge is 2.49. The minimum Gasteiger partial charge on any atom is -0.368 e. The number of hydrogen-bond acceptors (Lipinski definition) is 3. The predicted octanol–water partition coefficient (Wildman–Crippen LogP) is 3.09. The predicted molar refractivity (Wildman–Crippen MR) is 103 cm³/mol. The molecule has 1 aromatic carbocycles. The monoisotopic (exact) mass is 388 g/mol. The van der Waals surface area contributed by atoms with Gasteiger partial charge in [0.1, 0.15) is 11.9 Å². The fraction of sp³-hybridized carbons (Fsp3) is 0.636. The van der Waals surface area contributed by atoms with Crippen LogP contribution in [0.3, 0.4) is 0 Å². The van der Waals surface area contributed by atoms with Gasteiger partial charge in [0.25, 0.3) is 5.91 Å². The molecule has 0 spiro atoms. The number of halogens is 1. The first-order chi connectivity index (χ1) is 13.6. The van der Waals surface area contributed by atoms with Crippen molar-refractivity contribution in [3.05, 3.63) is 35.6 Å². The Kier molecular flexibility index (Phi) is 5.67. The van der Waals surface area contributed by atoms with Crippen LogP contribution in [0.5, 0.6) is 0 Å². The maximum atomic E-state index is 14.0. The van der Waals surface area contributed by atoms with E-state index < -0.39 is 0 Å². The minimum absolute atomic E-state index is 0.0321. The van der Waals surface area contributed by atoms with Gasteiger partial charge in [-0.1, -0.05) is 25.0 Å². The molecule has 3 saturated heterocycles. The molecule has 4 rings (SSSR count). The lowest BCUT2D eigenvalue weighted by Gasteiger charge is -2.39. The molecule has 1 aromatic rings. The highest BCUT2D eigenvalue weighted by molar-refractivity contribution is 5.82. The Bertz CT molecular complexity index is 734. The maximum Gasteiger partial charge on any atom is 0.252 e. The van der Waals surface area contributed by atoms with Crippen LogP contribution < -0.4 is 0 Å². The van der Waals surface area contributed by atoms with Gasteiger partial charge in [0, 0.05) is 32.5 Å². The van der Waals surface area contributed by atoms with Gasteiger partial charge in [0.05, 0.1) is 12.1 Å². The quantitative estimate of drug-likeness (QED) is 0.782. The zero-order valence-electron chi connectivity index (χ0n) is 16.5. The minimum atomic E-state index is -0.372. The van der Waals surface area contributed by atoms with Crippen LogP contribution in [0, 0.1) is 5.82 Å². The summed E-state index contributed by atoms with van der Waals surface area (Å²) in [5.41, 5.74) is 0.865. The van der Waals surface area contributed by atoms with E-state index in [1.54, 1.807) is 19.1 Å².